The van der Waals surface area contributed by atoms with Crippen molar-refractivity contribution in [1.82, 2.24) is 10.2 Å². The van der Waals surface area contributed by atoms with E-state index in [1.165, 1.54) is 6.42 Å². The van der Waals surface area contributed by atoms with Gasteiger partial charge in [-0.1, -0.05) is 20.3 Å². The highest BCUT2D eigenvalue weighted by atomic mass is 16.5. The molecule has 0 rings (SSSR count). The van der Waals surface area contributed by atoms with Crippen molar-refractivity contribution >= 4 is 5.97 Å². The van der Waals surface area contributed by atoms with Crippen LogP contribution in [0.25, 0.3) is 0 Å². The molecule has 4 heteroatoms. The van der Waals surface area contributed by atoms with Crippen molar-refractivity contribution in [2.45, 2.75) is 64.9 Å². The molecule has 0 aromatic heterocycles. The van der Waals surface area contributed by atoms with Crippen molar-refractivity contribution in [3.63, 3.8) is 0 Å². The Morgan fingerprint density at radius 3 is 2.45 bits per heavy atom. The second kappa shape index (κ2) is 13.4. The predicted octanol–water partition coefficient (Wildman–Crippen LogP) is 2.82. The Morgan fingerprint density at radius 2 is 1.85 bits per heavy atom. The Hall–Kier alpha value is -0.610. The molecule has 0 amide bonds. The molecule has 0 bridgehead atoms. The Bertz CT molecular complexity index is 233. The molecule has 0 aliphatic carbocycles. The first-order chi connectivity index (χ1) is 9.60. The SMILES string of the molecule is CCCC(CC)OC(=O)CCCCNCCCN(C)C. The van der Waals surface area contributed by atoms with Crippen LogP contribution in [-0.4, -0.2) is 50.7 Å². The molecule has 1 atom stereocenters. The van der Waals surface area contributed by atoms with E-state index in [0.717, 1.165) is 51.7 Å². The quantitative estimate of drug-likeness (QED) is 0.417. The van der Waals surface area contributed by atoms with Crippen LogP contribution in [0.2, 0.25) is 0 Å². The molecule has 0 saturated heterocycles. The number of unbranched alkanes of at least 4 members (excludes halogenated alkanes) is 1. The molecule has 0 radical (unpaired) electrons. The molecule has 0 aliphatic rings. The summed E-state index contributed by atoms with van der Waals surface area (Å²) in [5.41, 5.74) is 0. The van der Waals surface area contributed by atoms with E-state index in [1.54, 1.807) is 0 Å². The zero-order valence-corrected chi connectivity index (χ0v) is 13.9. The summed E-state index contributed by atoms with van der Waals surface area (Å²) in [6, 6.07) is 0. The maximum atomic E-state index is 11.6. The van der Waals surface area contributed by atoms with Gasteiger partial charge < -0.3 is 15.0 Å². The van der Waals surface area contributed by atoms with Gasteiger partial charge in [0.2, 0.25) is 0 Å². The number of rotatable bonds is 13. The number of nitrogens with zero attached hydrogens (tertiary/aromatic N) is 1. The fraction of sp³-hybridized carbons (Fsp3) is 0.938. The largest absolute Gasteiger partial charge is 0.462 e. The van der Waals surface area contributed by atoms with Crippen molar-refractivity contribution in [3.8, 4) is 0 Å². The zero-order valence-electron chi connectivity index (χ0n) is 13.9. The van der Waals surface area contributed by atoms with Gasteiger partial charge in [-0.3, -0.25) is 4.79 Å². The van der Waals surface area contributed by atoms with E-state index in [0.29, 0.717) is 6.42 Å². The number of ether oxygens (including phenoxy) is 1. The van der Waals surface area contributed by atoms with Crippen molar-refractivity contribution in [1.29, 1.82) is 0 Å². The first kappa shape index (κ1) is 19.4. The van der Waals surface area contributed by atoms with Crippen LogP contribution in [0.15, 0.2) is 0 Å². The summed E-state index contributed by atoms with van der Waals surface area (Å²) in [7, 11) is 4.18. The first-order valence-corrected chi connectivity index (χ1v) is 8.15. The maximum absolute atomic E-state index is 11.6. The number of carbonyl (C=O) groups excluding carboxylic acids is 1. The van der Waals surface area contributed by atoms with Gasteiger partial charge in [0, 0.05) is 6.42 Å². The lowest BCUT2D eigenvalue weighted by molar-refractivity contribution is -0.149. The fourth-order valence-corrected chi connectivity index (χ4v) is 2.08. The first-order valence-electron chi connectivity index (χ1n) is 8.15. The highest BCUT2D eigenvalue weighted by molar-refractivity contribution is 5.69. The second-order valence-electron chi connectivity index (χ2n) is 5.67. The van der Waals surface area contributed by atoms with Gasteiger partial charge in [0.1, 0.15) is 6.10 Å². The van der Waals surface area contributed by atoms with Gasteiger partial charge in [-0.05, 0) is 65.8 Å². The summed E-state index contributed by atoms with van der Waals surface area (Å²) in [5, 5.41) is 3.41. The van der Waals surface area contributed by atoms with Gasteiger partial charge >= 0.3 is 5.97 Å². The summed E-state index contributed by atoms with van der Waals surface area (Å²) in [4.78, 5) is 13.8. The number of carbonyl (C=O) groups is 1. The standard InChI is InChI=1S/C16H34N2O2/c1-5-10-15(6-2)20-16(19)11-7-8-12-17-13-9-14-18(3)4/h15,17H,5-14H2,1-4H3. The second-order valence-corrected chi connectivity index (χ2v) is 5.67. The van der Waals surface area contributed by atoms with Crippen LogP contribution in [0.1, 0.15) is 58.8 Å². The third kappa shape index (κ3) is 12.4. The summed E-state index contributed by atoms with van der Waals surface area (Å²) in [6.07, 6.45) is 6.79. The minimum atomic E-state index is -0.0297. The number of nitrogens with one attached hydrogen (secondary N) is 1. The van der Waals surface area contributed by atoms with E-state index in [2.05, 4.69) is 38.2 Å². The Labute approximate surface area is 125 Å². The maximum Gasteiger partial charge on any atom is 0.306 e. The van der Waals surface area contributed by atoms with Crippen LogP contribution in [-0.2, 0) is 9.53 Å². The summed E-state index contributed by atoms with van der Waals surface area (Å²) in [5.74, 6) is -0.0297. The van der Waals surface area contributed by atoms with Gasteiger partial charge in [-0.15, -0.1) is 0 Å². The number of hydrogen-bond donors (Lipinski definition) is 1. The number of esters is 1. The smallest absolute Gasteiger partial charge is 0.306 e. The van der Waals surface area contributed by atoms with Gasteiger partial charge in [0.05, 0.1) is 0 Å². The average molecular weight is 286 g/mol. The molecule has 0 aromatic rings. The van der Waals surface area contributed by atoms with E-state index >= 15 is 0 Å². The summed E-state index contributed by atoms with van der Waals surface area (Å²) < 4.78 is 5.45. The Kier molecular flexibility index (Phi) is 13.0. The van der Waals surface area contributed by atoms with Crippen LogP contribution in [0, 0.1) is 0 Å². The van der Waals surface area contributed by atoms with Crippen molar-refractivity contribution in [2.24, 2.45) is 0 Å². The van der Waals surface area contributed by atoms with Crippen LogP contribution in [0.4, 0.5) is 0 Å². The lowest BCUT2D eigenvalue weighted by atomic mass is 10.1. The molecule has 120 valence electrons. The minimum Gasteiger partial charge on any atom is -0.462 e. The Balaban J connectivity index is 3.39. The van der Waals surface area contributed by atoms with E-state index < -0.39 is 0 Å². The number of hydrogen-bond acceptors (Lipinski definition) is 4. The third-order valence-corrected chi connectivity index (χ3v) is 3.31. The van der Waals surface area contributed by atoms with Crippen molar-refractivity contribution in [3.05, 3.63) is 0 Å². The van der Waals surface area contributed by atoms with Gasteiger partial charge in [-0.25, -0.2) is 0 Å². The molecule has 0 aliphatic heterocycles. The molecule has 1 N–H and O–H groups in total. The molecule has 1 unspecified atom stereocenters. The monoisotopic (exact) mass is 286 g/mol. The summed E-state index contributed by atoms with van der Waals surface area (Å²) in [6.45, 7) is 7.36. The molecule has 0 saturated carbocycles. The van der Waals surface area contributed by atoms with Gasteiger partial charge in [0.15, 0.2) is 0 Å². The van der Waals surface area contributed by atoms with Crippen molar-refractivity contribution < 1.29 is 9.53 Å². The third-order valence-electron chi connectivity index (χ3n) is 3.31. The molecule has 20 heavy (non-hydrogen) atoms. The van der Waals surface area contributed by atoms with Crippen molar-refractivity contribution in [2.75, 3.05) is 33.7 Å². The van der Waals surface area contributed by atoms with E-state index in [4.69, 9.17) is 4.74 Å². The zero-order chi connectivity index (χ0) is 15.2. The molecule has 0 fully saturated rings. The Morgan fingerprint density at radius 1 is 1.15 bits per heavy atom. The van der Waals surface area contributed by atoms with Gasteiger partial charge in [-0.2, -0.15) is 0 Å². The fourth-order valence-electron chi connectivity index (χ4n) is 2.08. The molecule has 4 nitrogen and oxygen atoms in total. The van der Waals surface area contributed by atoms with Crippen LogP contribution in [0.5, 0.6) is 0 Å². The molecular weight excluding hydrogens is 252 g/mol. The van der Waals surface area contributed by atoms with Crippen LogP contribution < -0.4 is 5.32 Å². The molecule has 0 heterocycles. The highest BCUT2D eigenvalue weighted by Crippen LogP contribution is 2.08. The molecular formula is C16H34N2O2. The average Bonchev–Trinajstić information content (AvgIpc) is 2.40. The summed E-state index contributed by atoms with van der Waals surface area (Å²) >= 11 is 0. The lowest BCUT2D eigenvalue weighted by Crippen LogP contribution is -2.22. The van der Waals surface area contributed by atoms with Crippen LogP contribution >= 0.6 is 0 Å². The lowest BCUT2D eigenvalue weighted by Gasteiger charge is -2.15. The predicted molar refractivity (Wildman–Crippen MR) is 85.0 cm³/mol. The van der Waals surface area contributed by atoms with Gasteiger partial charge in [0.25, 0.3) is 0 Å². The molecule has 0 aromatic carbocycles. The topological polar surface area (TPSA) is 41.6 Å². The van der Waals surface area contributed by atoms with E-state index in [9.17, 15) is 4.79 Å². The van der Waals surface area contributed by atoms with E-state index in [-0.39, 0.29) is 12.1 Å². The van der Waals surface area contributed by atoms with Crippen LogP contribution in [0.3, 0.4) is 0 Å². The normalized spacial score (nSPS) is 12.7. The molecule has 0 spiro atoms. The minimum absolute atomic E-state index is 0.0297. The van der Waals surface area contributed by atoms with E-state index in [1.807, 2.05) is 0 Å². The highest BCUT2D eigenvalue weighted by Gasteiger charge is 2.10.